The maximum Gasteiger partial charge on any atom is 0.365 e. The monoisotopic (exact) mass is 250 g/mol. The van der Waals surface area contributed by atoms with E-state index in [-0.39, 0.29) is 19.8 Å². The predicted octanol–water partition coefficient (Wildman–Crippen LogP) is 0.0268. The third-order valence-electron chi connectivity index (χ3n) is 2.18. The summed E-state index contributed by atoms with van der Waals surface area (Å²) in [5.74, 6) is -0.563. The van der Waals surface area contributed by atoms with Crippen LogP contribution < -0.4 is 0 Å². The van der Waals surface area contributed by atoms with Crippen LogP contribution in [0.4, 0.5) is 0 Å². The van der Waals surface area contributed by atoms with Crippen LogP contribution in [0.15, 0.2) is 12.7 Å². The van der Waals surface area contributed by atoms with E-state index < -0.39 is 11.4 Å². The fourth-order valence-electron chi connectivity index (χ4n) is 0.636. The second-order valence-electron chi connectivity index (χ2n) is 3.34. The van der Waals surface area contributed by atoms with Crippen molar-refractivity contribution in [2.75, 3.05) is 26.4 Å². The number of carbonyl (C=O) groups excluding carboxylic acids is 1. The first kappa shape index (κ1) is 18.4. The Bertz CT molecular complexity index is 183. The molecule has 0 fully saturated rings. The molecule has 0 aliphatic carbocycles. The molecule has 6 nitrogen and oxygen atoms in total. The molecule has 102 valence electrons. The Morgan fingerprint density at radius 3 is 1.88 bits per heavy atom. The molecule has 0 saturated heterocycles. The quantitative estimate of drug-likeness (QED) is 0.335. The molecule has 0 radical (unpaired) electrons. The van der Waals surface area contributed by atoms with Crippen molar-refractivity contribution in [1.29, 1.82) is 0 Å². The molecular formula is C11H22O6. The maximum absolute atomic E-state index is 10.1. The Balaban J connectivity index is 0. The van der Waals surface area contributed by atoms with Gasteiger partial charge in [0, 0.05) is 11.5 Å². The van der Waals surface area contributed by atoms with Gasteiger partial charge in [-0.3, -0.25) is 4.89 Å². The molecule has 0 heterocycles. The van der Waals surface area contributed by atoms with E-state index in [0.717, 1.165) is 6.08 Å². The fourth-order valence-corrected chi connectivity index (χ4v) is 0.636. The maximum atomic E-state index is 10.1. The van der Waals surface area contributed by atoms with E-state index in [9.17, 15) is 4.79 Å². The molecule has 0 aliphatic heterocycles. The van der Waals surface area contributed by atoms with Crippen molar-refractivity contribution in [3.63, 3.8) is 0 Å². The zero-order chi connectivity index (χ0) is 13.7. The first-order valence-corrected chi connectivity index (χ1v) is 5.34. The first-order valence-electron chi connectivity index (χ1n) is 5.34. The van der Waals surface area contributed by atoms with Crippen LogP contribution in [0.3, 0.4) is 0 Å². The highest BCUT2D eigenvalue weighted by atomic mass is 17.2. The summed E-state index contributed by atoms with van der Waals surface area (Å²) in [7, 11) is 0. The fraction of sp³-hybridized carbons (Fsp3) is 0.727. The van der Waals surface area contributed by atoms with Crippen molar-refractivity contribution in [2.24, 2.45) is 5.41 Å². The van der Waals surface area contributed by atoms with Gasteiger partial charge in [0.1, 0.15) is 0 Å². The number of carbonyl (C=O) groups is 1. The molecule has 3 N–H and O–H groups in total. The van der Waals surface area contributed by atoms with Gasteiger partial charge in [0.05, 0.1) is 26.4 Å². The SMILES string of the molecule is C=CC(=O)OOCC.CCC(CO)(CO)CO. The zero-order valence-electron chi connectivity index (χ0n) is 10.4. The molecule has 0 aliphatic rings. The van der Waals surface area contributed by atoms with Gasteiger partial charge in [0.15, 0.2) is 0 Å². The smallest absolute Gasteiger partial charge is 0.365 e. The van der Waals surface area contributed by atoms with Crippen LogP contribution in [-0.2, 0) is 14.6 Å². The molecular weight excluding hydrogens is 228 g/mol. The van der Waals surface area contributed by atoms with Crippen molar-refractivity contribution in [1.82, 2.24) is 0 Å². The summed E-state index contributed by atoms with van der Waals surface area (Å²) in [6.07, 6.45) is 1.63. The summed E-state index contributed by atoms with van der Waals surface area (Å²) in [5, 5.41) is 26.0. The third-order valence-corrected chi connectivity index (χ3v) is 2.18. The molecule has 0 amide bonds. The molecule has 0 unspecified atom stereocenters. The van der Waals surface area contributed by atoms with Gasteiger partial charge in [-0.1, -0.05) is 13.5 Å². The van der Waals surface area contributed by atoms with Gasteiger partial charge < -0.3 is 15.3 Å². The third kappa shape index (κ3) is 8.82. The van der Waals surface area contributed by atoms with Gasteiger partial charge in [0.2, 0.25) is 0 Å². The molecule has 0 saturated carbocycles. The molecule has 0 bridgehead atoms. The highest BCUT2D eigenvalue weighted by molar-refractivity contribution is 5.80. The van der Waals surface area contributed by atoms with E-state index in [2.05, 4.69) is 16.4 Å². The number of rotatable bonds is 7. The van der Waals surface area contributed by atoms with Crippen LogP contribution in [0.5, 0.6) is 0 Å². The minimum Gasteiger partial charge on any atom is -0.396 e. The number of aliphatic hydroxyl groups is 3. The largest absolute Gasteiger partial charge is 0.396 e. The first-order chi connectivity index (χ1) is 8.05. The van der Waals surface area contributed by atoms with E-state index in [4.69, 9.17) is 15.3 Å². The Hall–Kier alpha value is -0.950. The topological polar surface area (TPSA) is 96.2 Å². The Morgan fingerprint density at radius 2 is 1.71 bits per heavy atom. The second kappa shape index (κ2) is 11.5. The van der Waals surface area contributed by atoms with Crippen molar-refractivity contribution in [2.45, 2.75) is 20.3 Å². The Labute approximate surface area is 101 Å². The lowest BCUT2D eigenvalue weighted by Gasteiger charge is -2.24. The Kier molecular flexibility index (Phi) is 12.5. The normalized spacial score (nSPS) is 10.2. The van der Waals surface area contributed by atoms with Crippen LogP contribution in [0.1, 0.15) is 20.3 Å². The summed E-state index contributed by atoms with van der Waals surface area (Å²) in [4.78, 5) is 18.5. The molecule has 0 aromatic rings. The van der Waals surface area contributed by atoms with Gasteiger partial charge in [-0.05, 0) is 13.3 Å². The minimum absolute atomic E-state index is 0.156. The molecule has 0 aromatic heterocycles. The van der Waals surface area contributed by atoms with Crippen molar-refractivity contribution in [3.05, 3.63) is 12.7 Å². The summed E-state index contributed by atoms with van der Waals surface area (Å²) < 4.78 is 0. The summed E-state index contributed by atoms with van der Waals surface area (Å²) in [6.45, 7) is 6.59. The van der Waals surface area contributed by atoms with Crippen LogP contribution in [0.25, 0.3) is 0 Å². The summed E-state index contributed by atoms with van der Waals surface area (Å²) in [6, 6.07) is 0. The van der Waals surface area contributed by atoms with E-state index >= 15 is 0 Å². The van der Waals surface area contributed by atoms with Crippen molar-refractivity contribution >= 4 is 5.97 Å². The van der Waals surface area contributed by atoms with Gasteiger partial charge in [0.25, 0.3) is 0 Å². The Morgan fingerprint density at radius 1 is 1.24 bits per heavy atom. The average Bonchev–Trinajstić information content (AvgIpc) is 2.40. The summed E-state index contributed by atoms with van der Waals surface area (Å²) >= 11 is 0. The average molecular weight is 250 g/mol. The molecule has 0 atom stereocenters. The van der Waals surface area contributed by atoms with Gasteiger partial charge in [-0.15, -0.1) is 0 Å². The minimum atomic E-state index is -0.667. The standard InChI is InChI=1S/C6H14O3.C5H8O3/c1-2-6(3-7,4-8)5-9;1-3-5(6)8-7-4-2/h7-9H,2-5H2,1H3;3H,1,4H2,2H3. The highest BCUT2D eigenvalue weighted by Crippen LogP contribution is 2.18. The van der Waals surface area contributed by atoms with Crippen LogP contribution in [0, 0.1) is 5.41 Å². The lowest BCUT2D eigenvalue weighted by Crippen LogP contribution is -2.32. The number of hydrogen-bond donors (Lipinski definition) is 3. The second-order valence-corrected chi connectivity index (χ2v) is 3.34. The molecule has 17 heavy (non-hydrogen) atoms. The molecule has 0 aromatic carbocycles. The lowest BCUT2D eigenvalue weighted by atomic mass is 9.88. The van der Waals surface area contributed by atoms with Crippen LogP contribution >= 0.6 is 0 Å². The van der Waals surface area contributed by atoms with E-state index in [1.165, 1.54) is 0 Å². The van der Waals surface area contributed by atoms with Gasteiger partial charge in [-0.2, -0.15) is 4.89 Å². The molecule has 0 spiro atoms. The van der Waals surface area contributed by atoms with Gasteiger partial charge >= 0.3 is 5.97 Å². The molecule has 6 heteroatoms. The van der Waals surface area contributed by atoms with E-state index in [0.29, 0.717) is 13.0 Å². The lowest BCUT2D eigenvalue weighted by molar-refractivity contribution is -0.264. The summed E-state index contributed by atoms with van der Waals surface area (Å²) in [5.41, 5.74) is -0.667. The van der Waals surface area contributed by atoms with Crippen molar-refractivity contribution in [3.8, 4) is 0 Å². The number of aliphatic hydroxyl groups excluding tert-OH is 3. The number of hydrogen-bond acceptors (Lipinski definition) is 6. The molecule has 0 rings (SSSR count). The zero-order valence-corrected chi connectivity index (χ0v) is 10.4. The predicted molar refractivity (Wildman–Crippen MR) is 61.9 cm³/mol. The van der Waals surface area contributed by atoms with Gasteiger partial charge in [-0.25, -0.2) is 4.79 Å². The highest BCUT2D eigenvalue weighted by Gasteiger charge is 2.24. The van der Waals surface area contributed by atoms with Crippen LogP contribution in [-0.4, -0.2) is 47.7 Å². The van der Waals surface area contributed by atoms with E-state index in [1.54, 1.807) is 6.92 Å². The van der Waals surface area contributed by atoms with E-state index in [1.807, 2.05) is 6.92 Å². The van der Waals surface area contributed by atoms with Crippen LogP contribution in [0.2, 0.25) is 0 Å². The van der Waals surface area contributed by atoms with Crippen molar-refractivity contribution < 1.29 is 29.9 Å².